The molecule has 0 saturated carbocycles. The third kappa shape index (κ3) is 5.52. The van der Waals surface area contributed by atoms with Crippen molar-refractivity contribution in [1.82, 2.24) is 15.3 Å². The van der Waals surface area contributed by atoms with Crippen molar-refractivity contribution in [1.29, 1.82) is 0 Å². The van der Waals surface area contributed by atoms with E-state index in [1.54, 1.807) is 7.11 Å². The number of fused-ring (bicyclic) bond motifs is 2. The number of ether oxygens (including phenoxy) is 2. The van der Waals surface area contributed by atoms with Crippen LogP contribution in [0.4, 0.5) is 11.5 Å². The van der Waals surface area contributed by atoms with Crippen molar-refractivity contribution in [3.8, 4) is 6.01 Å². The first-order valence-electron chi connectivity index (χ1n) is 11.5. The van der Waals surface area contributed by atoms with Crippen LogP contribution in [0.5, 0.6) is 6.01 Å². The van der Waals surface area contributed by atoms with Crippen LogP contribution in [0.3, 0.4) is 0 Å². The van der Waals surface area contributed by atoms with Crippen molar-refractivity contribution in [2.45, 2.75) is 13.0 Å². The lowest BCUT2D eigenvalue weighted by atomic mass is 10.0. The monoisotopic (exact) mass is 509 g/mol. The van der Waals surface area contributed by atoms with Crippen LogP contribution in [0, 0.1) is 0 Å². The first kappa shape index (κ1) is 25.2. The number of hydrogen-bond acceptors (Lipinski definition) is 8. The Morgan fingerprint density at radius 3 is 2.69 bits per heavy atom. The summed E-state index contributed by atoms with van der Waals surface area (Å²) in [7, 11) is 4.71. The first-order valence-corrected chi connectivity index (χ1v) is 11.9. The molecule has 0 bridgehead atoms. The molecule has 3 aromatic rings. The predicted molar refractivity (Wildman–Crippen MR) is 140 cm³/mol. The summed E-state index contributed by atoms with van der Waals surface area (Å²) in [6.45, 7) is 2.24. The smallest absolute Gasteiger partial charge is 0.330 e. The van der Waals surface area contributed by atoms with E-state index in [0.717, 1.165) is 63.7 Å². The number of nitrogens with zero attached hydrogens (tertiary/aromatic N) is 4. The molecule has 0 fully saturated rings. The standard InChI is InChI=1S/C26H28ClN5O4/c1-31(15-13-28-22(33)10-11-23(34)35-2)25-18-12-14-32(16-20(18)29-26(30-25)36-3)21-9-5-7-17-6-4-8-19(27)24(17)21/h4-11H,12-16H2,1-3H3,(H,28,33)/b11-10+. The average Bonchev–Trinajstić information content (AvgIpc) is 2.90. The topological polar surface area (TPSA) is 96.9 Å². The number of likely N-dealkylation sites (N-methyl/N-ethyl adjacent to an activating group) is 1. The van der Waals surface area contributed by atoms with E-state index in [0.29, 0.717) is 25.6 Å². The highest BCUT2D eigenvalue weighted by atomic mass is 35.5. The van der Waals surface area contributed by atoms with E-state index in [4.69, 9.17) is 16.3 Å². The van der Waals surface area contributed by atoms with Crippen LogP contribution in [0.1, 0.15) is 11.3 Å². The first-order chi connectivity index (χ1) is 17.4. The van der Waals surface area contributed by atoms with Crippen molar-refractivity contribution in [3.63, 3.8) is 0 Å². The largest absolute Gasteiger partial charge is 0.467 e. The Balaban J connectivity index is 1.52. The molecule has 9 nitrogen and oxygen atoms in total. The molecular formula is C26H28ClN5O4. The Hall–Kier alpha value is -3.85. The number of methoxy groups -OCH3 is 2. The van der Waals surface area contributed by atoms with Gasteiger partial charge in [0, 0.05) is 55.5 Å². The van der Waals surface area contributed by atoms with Crippen molar-refractivity contribution in [2.75, 3.05) is 50.7 Å². The fraction of sp³-hybridized carbons (Fsp3) is 0.308. The van der Waals surface area contributed by atoms with E-state index >= 15 is 0 Å². The van der Waals surface area contributed by atoms with Gasteiger partial charge in [-0.1, -0.05) is 35.9 Å². The molecule has 1 N–H and O–H groups in total. The molecule has 10 heteroatoms. The number of anilines is 2. The van der Waals surface area contributed by atoms with Gasteiger partial charge in [-0.2, -0.15) is 9.97 Å². The summed E-state index contributed by atoms with van der Waals surface area (Å²) in [5.41, 5.74) is 3.01. The van der Waals surface area contributed by atoms with Crippen LogP contribution in [-0.2, 0) is 27.3 Å². The minimum atomic E-state index is -0.582. The number of nitrogens with one attached hydrogen (secondary N) is 1. The number of carbonyl (C=O) groups excluding carboxylic acids is 2. The summed E-state index contributed by atoms with van der Waals surface area (Å²) >= 11 is 6.57. The molecule has 0 aliphatic carbocycles. The SMILES string of the molecule is COC(=O)/C=C/C(=O)NCCN(C)c1nc(OC)nc2c1CCN(c1cccc3cccc(Cl)c13)C2. The number of hydrogen-bond donors (Lipinski definition) is 1. The molecule has 0 saturated heterocycles. The van der Waals surface area contributed by atoms with Gasteiger partial charge in [0.1, 0.15) is 5.82 Å². The minimum absolute atomic E-state index is 0.290. The van der Waals surface area contributed by atoms with Gasteiger partial charge < -0.3 is 24.6 Å². The Morgan fingerprint density at radius 2 is 1.94 bits per heavy atom. The summed E-state index contributed by atoms with van der Waals surface area (Å²) < 4.78 is 9.89. The Labute approximate surface area is 214 Å². The number of carbonyl (C=O) groups is 2. The number of esters is 1. The minimum Gasteiger partial charge on any atom is -0.467 e. The summed E-state index contributed by atoms with van der Waals surface area (Å²) in [4.78, 5) is 36.6. The van der Waals surface area contributed by atoms with Crippen LogP contribution < -0.4 is 19.9 Å². The molecule has 2 aromatic carbocycles. The molecule has 1 aliphatic heterocycles. The second kappa shape index (κ2) is 11.3. The molecule has 0 spiro atoms. The predicted octanol–water partition coefficient (Wildman–Crippen LogP) is 3.14. The highest BCUT2D eigenvalue weighted by molar-refractivity contribution is 6.36. The molecule has 2 heterocycles. The van der Waals surface area contributed by atoms with Crippen molar-refractivity contribution in [3.05, 3.63) is 64.8 Å². The lowest BCUT2D eigenvalue weighted by Gasteiger charge is -2.33. The van der Waals surface area contributed by atoms with Gasteiger partial charge in [-0.25, -0.2) is 4.79 Å². The maximum absolute atomic E-state index is 11.9. The van der Waals surface area contributed by atoms with Crippen molar-refractivity contribution in [2.24, 2.45) is 0 Å². The van der Waals surface area contributed by atoms with Gasteiger partial charge in [-0.15, -0.1) is 0 Å². The highest BCUT2D eigenvalue weighted by Crippen LogP contribution is 2.36. The highest BCUT2D eigenvalue weighted by Gasteiger charge is 2.25. The number of rotatable bonds is 8. The maximum atomic E-state index is 11.9. The Bertz CT molecular complexity index is 1310. The summed E-state index contributed by atoms with van der Waals surface area (Å²) in [6, 6.07) is 12.4. The van der Waals surface area contributed by atoms with Gasteiger partial charge in [-0.05, 0) is 23.9 Å². The number of amides is 1. The Morgan fingerprint density at radius 1 is 1.17 bits per heavy atom. The number of halogens is 1. The molecule has 1 amide bonds. The molecule has 1 aromatic heterocycles. The van der Waals surface area contributed by atoms with Crippen LogP contribution >= 0.6 is 11.6 Å². The zero-order valence-electron chi connectivity index (χ0n) is 20.5. The molecule has 0 radical (unpaired) electrons. The fourth-order valence-electron chi connectivity index (χ4n) is 4.26. The molecule has 188 valence electrons. The molecule has 0 unspecified atom stereocenters. The van der Waals surface area contributed by atoms with Gasteiger partial charge in [0.05, 0.1) is 31.5 Å². The van der Waals surface area contributed by atoms with Crippen LogP contribution in [0.2, 0.25) is 5.02 Å². The van der Waals surface area contributed by atoms with Crippen molar-refractivity contribution < 1.29 is 19.1 Å². The average molecular weight is 510 g/mol. The molecule has 36 heavy (non-hydrogen) atoms. The molecule has 0 atom stereocenters. The molecular weight excluding hydrogens is 482 g/mol. The maximum Gasteiger partial charge on any atom is 0.330 e. The van der Waals surface area contributed by atoms with E-state index in [2.05, 4.69) is 43.1 Å². The third-order valence-corrected chi connectivity index (χ3v) is 6.37. The van der Waals surface area contributed by atoms with E-state index in [1.807, 2.05) is 30.1 Å². The van der Waals surface area contributed by atoms with Crippen LogP contribution in [0.15, 0.2) is 48.6 Å². The lowest BCUT2D eigenvalue weighted by molar-refractivity contribution is -0.135. The summed E-state index contributed by atoms with van der Waals surface area (Å²) in [5, 5.41) is 5.59. The van der Waals surface area contributed by atoms with Gasteiger partial charge in [0.2, 0.25) is 5.91 Å². The van der Waals surface area contributed by atoms with Crippen LogP contribution in [0.25, 0.3) is 10.8 Å². The number of benzene rings is 2. The third-order valence-electron chi connectivity index (χ3n) is 6.06. The zero-order chi connectivity index (χ0) is 25.7. The van der Waals surface area contributed by atoms with Crippen LogP contribution in [-0.4, -0.2) is 62.7 Å². The quantitative estimate of drug-likeness (QED) is 0.365. The van der Waals surface area contributed by atoms with Gasteiger partial charge >= 0.3 is 12.0 Å². The van der Waals surface area contributed by atoms with E-state index in [9.17, 15) is 9.59 Å². The normalized spacial score (nSPS) is 12.9. The second-order valence-electron chi connectivity index (χ2n) is 8.31. The zero-order valence-corrected chi connectivity index (χ0v) is 21.2. The van der Waals surface area contributed by atoms with E-state index in [1.165, 1.54) is 7.11 Å². The molecule has 1 aliphatic rings. The Kier molecular flexibility index (Phi) is 7.90. The summed E-state index contributed by atoms with van der Waals surface area (Å²) in [5.74, 6) is -0.186. The van der Waals surface area contributed by atoms with Crippen molar-refractivity contribution >= 4 is 45.8 Å². The second-order valence-corrected chi connectivity index (χ2v) is 8.72. The van der Waals surface area contributed by atoms with E-state index in [-0.39, 0.29) is 5.91 Å². The number of aromatic nitrogens is 2. The van der Waals surface area contributed by atoms with E-state index < -0.39 is 5.97 Å². The van der Waals surface area contributed by atoms with Gasteiger partial charge in [-0.3, -0.25) is 4.79 Å². The molecule has 4 rings (SSSR count). The fourth-order valence-corrected chi connectivity index (χ4v) is 4.54. The summed E-state index contributed by atoms with van der Waals surface area (Å²) in [6.07, 6.45) is 2.98. The van der Waals surface area contributed by atoms with Gasteiger partial charge in [0.25, 0.3) is 0 Å². The van der Waals surface area contributed by atoms with Gasteiger partial charge in [0.15, 0.2) is 0 Å². The lowest BCUT2D eigenvalue weighted by Crippen LogP contribution is -2.36.